The number of methoxy groups -OCH3 is 1. The highest BCUT2D eigenvalue weighted by Gasteiger charge is 2.59. The van der Waals surface area contributed by atoms with Gasteiger partial charge >= 0.3 is 0 Å². The first-order valence-corrected chi connectivity index (χ1v) is 10.3. The normalized spacial score (nSPS) is 19.4. The van der Waals surface area contributed by atoms with Crippen LogP contribution >= 0.6 is 0 Å². The van der Waals surface area contributed by atoms with Crippen LogP contribution < -0.4 is 4.74 Å². The molecule has 6 heteroatoms. The number of rotatable bonds is 4. The highest BCUT2D eigenvalue weighted by molar-refractivity contribution is 6.02. The van der Waals surface area contributed by atoms with Gasteiger partial charge in [0.25, 0.3) is 5.91 Å². The summed E-state index contributed by atoms with van der Waals surface area (Å²) in [5, 5.41) is 0. The van der Waals surface area contributed by atoms with E-state index in [1.807, 2.05) is 71.3 Å². The summed E-state index contributed by atoms with van der Waals surface area (Å²) < 4.78 is 5.22. The zero-order chi connectivity index (χ0) is 21.6. The summed E-state index contributed by atoms with van der Waals surface area (Å²) in [7, 11) is 1.62. The zero-order valence-corrected chi connectivity index (χ0v) is 17.5. The number of aromatic nitrogens is 1. The highest BCUT2D eigenvalue weighted by atomic mass is 16.5. The molecule has 3 heterocycles. The number of hydrogen-bond donors (Lipinski definition) is 0. The molecule has 2 aliphatic rings. The lowest BCUT2D eigenvalue weighted by Gasteiger charge is -2.40. The fourth-order valence-electron chi connectivity index (χ4n) is 4.79. The minimum absolute atomic E-state index is 0.0225. The SMILES string of the molecule is COc1ccc(CC(=O)N2CCN3C(=O)c4cnccc4C23c2ccc(C)cc2)cc1. The molecule has 1 saturated heterocycles. The zero-order valence-electron chi connectivity index (χ0n) is 17.5. The monoisotopic (exact) mass is 413 g/mol. The Labute approximate surface area is 181 Å². The van der Waals surface area contributed by atoms with E-state index in [0.29, 0.717) is 18.7 Å². The number of pyridine rings is 1. The molecule has 1 atom stereocenters. The Hall–Kier alpha value is -3.67. The van der Waals surface area contributed by atoms with Crippen molar-refractivity contribution in [1.82, 2.24) is 14.8 Å². The minimum Gasteiger partial charge on any atom is -0.497 e. The van der Waals surface area contributed by atoms with E-state index in [0.717, 1.165) is 28.0 Å². The van der Waals surface area contributed by atoms with E-state index >= 15 is 0 Å². The van der Waals surface area contributed by atoms with Gasteiger partial charge in [0, 0.05) is 36.6 Å². The fraction of sp³-hybridized carbons (Fsp3) is 0.240. The molecule has 3 aromatic rings. The Balaban J connectivity index is 1.61. The van der Waals surface area contributed by atoms with Crippen LogP contribution in [-0.2, 0) is 16.9 Å². The average molecular weight is 413 g/mol. The van der Waals surface area contributed by atoms with Gasteiger partial charge in [-0.05, 0) is 30.7 Å². The van der Waals surface area contributed by atoms with E-state index < -0.39 is 5.66 Å². The van der Waals surface area contributed by atoms with Crippen molar-refractivity contribution in [3.05, 3.63) is 94.8 Å². The predicted molar refractivity (Wildman–Crippen MR) is 116 cm³/mol. The first kappa shape index (κ1) is 19.3. The number of benzene rings is 2. The van der Waals surface area contributed by atoms with E-state index in [4.69, 9.17) is 4.74 Å². The Morgan fingerprint density at radius 2 is 1.81 bits per heavy atom. The molecule has 6 nitrogen and oxygen atoms in total. The van der Waals surface area contributed by atoms with Gasteiger partial charge in [-0.25, -0.2) is 0 Å². The molecule has 0 spiro atoms. The number of carbonyl (C=O) groups excluding carboxylic acids is 2. The van der Waals surface area contributed by atoms with Gasteiger partial charge in [-0.3, -0.25) is 14.6 Å². The van der Waals surface area contributed by atoms with Gasteiger partial charge in [-0.2, -0.15) is 0 Å². The number of aryl methyl sites for hydroxylation is 1. The Morgan fingerprint density at radius 3 is 2.52 bits per heavy atom. The molecule has 2 aliphatic heterocycles. The predicted octanol–water partition coefficient (Wildman–Crippen LogP) is 3.14. The topological polar surface area (TPSA) is 62.7 Å². The van der Waals surface area contributed by atoms with Crippen molar-refractivity contribution in [2.45, 2.75) is 19.0 Å². The van der Waals surface area contributed by atoms with E-state index in [9.17, 15) is 9.59 Å². The van der Waals surface area contributed by atoms with Gasteiger partial charge in [0.05, 0.1) is 19.1 Å². The summed E-state index contributed by atoms with van der Waals surface area (Å²) in [6.45, 7) is 2.99. The summed E-state index contributed by atoms with van der Waals surface area (Å²) in [5.41, 5.74) is 3.38. The third-order valence-corrected chi connectivity index (χ3v) is 6.27. The fourth-order valence-corrected chi connectivity index (χ4v) is 4.79. The van der Waals surface area contributed by atoms with Crippen LogP contribution in [0.5, 0.6) is 5.75 Å². The molecule has 2 amide bonds. The van der Waals surface area contributed by atoms with Gasteiger partial charge in [0.15, 0.2) is 5.66 Å². The number of fused-ring (bicyclic) bond motifs is 3. The van der Waals surface area contributed by atoms with Crippen LogP contribution in [0.3, 0.4) is 0 Å². The number of carbonyl (C=O) groups is 2. The largest absolute Gasteiger partial charge is 0.497 e. The Kier molecular flexibility index (Phi) is 4.50. The average Bonchev–Trinajstić information content (AvgIpc) is 3.31. The first-order valence-electron chi connectivity index (χ1n) is 10.3. The molecule has 2 aromatic carbocycles. The van der Waals surface area contributed by atoms with Gasteiger partial charge < -0.3 is 14.5 Å². The molecule has 0 N–H and O–H groups in total. The highest BCUT2D eigenvalue weighted by Crippen LogP contribution is 2.49. The quantitative estimate of drug-likeness (QED) is 0.659. The van der Waals surface area contributed by atoms with Crippen molar-refractivity contribution in [1.29, 1.82) is 0 Å². The van der Waals surface area contributed by atoms with Crippen molar-refractivity contribution < 1.29 is 14.3 Å². The van der Waals surface area contributed by atoms with Crippen molar-refractivity contribution in [2.24, 2.45) is 0 Å². The van der Waals surface area contributed by atoms with E-state index in [2.05, 4.69) is 4.98 Å². The maximum absolute atomic E-state index is 13.6. The standard InChI is InChI=1S/C25H23N3O3/c1-17-3-7-19(8-4-17)25-22-11-12-26-16-21(22)24(30)28(25)14-13-27(25)23(29)15-18-5-9-20(31-2)10-6-18/h3-12,16H,13-15H2,1-2H3. The summed E-state index contributed by atoms with van der Waals surface area (Å²) in [5.74, 6) is 0.650. The van der Waals surface area contributed by atoms with Crippen LogP contribution in [0.1, 0.15) is 32.6 Å². The van der Waals surface area contributed by atoms with Crippen LogP contribution in [0.4, 0.5) is 0 Å². The van der Waals surface area contributed by atoms with Crippen LogP contribution in [0.2, 0.25) is 0 Å². The number of amides is 2. The van der Waals surface area contributed by atoms with E-state index in [-0.39, 0.29) is 18.2 Å². The minimum atomic E-state index is -0.938. The summed E-state index contributed by atoms with van der Waals surface area (Å²) in [4.78, 5) is 34.7. The molecular formula is C25H23N3O3. The van der Waals surface area contributed by atoms with Gasteiger partial charge in [0.2, 0.25) is 5.91 Å². The van der Waals surface area contributed by atoms with Crippen molar-refractivity contribution in [3.8, 4) is 5.75 Å². The number of ether oxygens (including phenoxy) is 1. The maximum atomic E-state index is 13.6. The Morgan fingerprint density at radius 1 is 1.06 bits per heavy atom. The third kappa shape index (κ3) is 2.82. The first-order chi connectivity index (χ1) is 15.1. The summed E-state index contributed by atoms with van der Waals surface area (Å²) in [6, 6.07) is 17.5. The molecule has 0 radical (unpaired) electrons. The summed E-state index contributed by atoms with van der Waals surface area (Å²) in [6.07, 6.45) is 3.55. The van der Waals surface area contributed by atoms with Gasteiger partial charge in [-0.1, -0.05) is 42.0 Å². The molecule has 0 saturated carbocycles. The van der Waals surface area contributed by atoms with Crippen molar-refractivity contribution >= 4 is 11.8 Å². The third-order valence-electron chi connectivity index (χ3n) is 6.27. The van der Waals surface area contributed by atoms with Crippen LogP contribution in [0.25, 0.3) is 0 Å². The van der Waals surface area contributed by atoms with Gasteiger partial charge in [0.1, 0.15) is 5.75 Å². The molecule has 1 fully saturated rings. The molecule has 0 bridgehead atoms. The van der Waals surface area contributed by atoms with Crippen LogP contribution in [0, 0.1) is 6.92 Å². The van der Waals surface area contributed by atoms with Crippen LogP contribution in [-0.4, -0.2) is 46.8 Å². The molecule has 156 valence electrons. The number of nitrogens with zero attached hydrogens (tertiary/aromatic N) is 3. The molecule has 5 rings (SSSR count). The molecule has 0 aliphatic carbocycles. The second-order valence-corrected chi connectivity index (χ2v) is 7.99. The van der Waals surface area contributed by atoms with Crippen LogP contribution in [0.15, 0.2) is 67.0 Å². The molecular weight excluding hydrogens is 390 g/mol. The second-order valence-electron chi connectivity index (χ2n) is 7.99. The lowest BCUT2D eigenvalue weighted by atomic mass is 9.89. The van der Waals surface area contributed by atoms with E-state index in [1.54, 1.807) is 19.5 Å². The molecule has 1 unspecified atom stereocenters. The number of hydrogen-bond acceptors (Lipinski definition) is 4. The lowest BCUT2D eigenvalue weighted by Crippen LogP contribution is -2.52. The van der Waals surface area contributed by atoms with Crippen molar-refractivity contribution in [2.75, 3.05) is 20.2 Å². The van der Waals surface area contributed by atoms with Crippen molar-refractivity contribution in [3.63, 3.8) is 0 Å². The van der Waals surface area contributed by atoms with Gasteiger partial charge in [-0.15, -0.1) is 0 Å². The molecule has 1 aromatic heterocycles. The Bertz CT molecular complexity index is 1160. The second kappa shape index (κ2) is 7.23. The van der Waals surface area contributed by atoms with E-state index in [1.165, 1.54) is 0 Å². The smallest absolute Gasteiger partial charge is 0.258 e. The lowest BCUT2D eigenvalue weighted by molar-refractivity contribution is -0.135. The summed E-state index contributed by atoms with van der Waals surface area (Å²) >= 11 is 0. The molecule has 31 heavy (non-hydrogen) atoms. The maximum Gasteiger partial charge on any atom is 0.258 e.